The summed E-state index contributed by atoms with van der Waals surface area (Å²) in [5.74, 6) is 0.519. The summed E-state index contributed by atoms with van der Waals surface area (Å²) in [6.07, 6.45) is 7.98. The minimum atomic E-state index is -0.186. The van der Waals surface area contributed by atoms with Crippen LogP contribution in [0.4, 0.5) is 0 Å². The Morgan fingerprint density at radius 2 is 2.05 bits per heavy atom. The van der Waals surface area contributed by atoms with Crippen LogP contribution in [-0.4, -0.2) is 47.8 Å². The summed E-state index contributed by atoms with van der Waals surface area (Å²) in [6.45, 7) is 4.51. The Labute approximate surface area is 123 Å². The molecule has 20 heavy (non-hydrogen) atoms. The Morgan fingerprint density at radius 1 is 1.30 bits per heavy atom. The Morgan fingerprint density at radius 3 is 2.70 bits per heavy atom. The molecule has 2 N–H and O–H groups in total. The van der Waals surface area contributed by atoms with Crippen LogP contribution in [0, 0.1) is 17.2 Å². The molecule has 1 aliphatic heterocycles. The Hall–Kier alpha value is -0.630. The highest BCUT2D eigenvalue weighted by Crippen LogP contribution is 2.25. The number of nitrogens with zero attached hydrogens (tertiary/aromatic N) is 2. The van der Waals surface area contributed by atoms with Crippen molar-refractivity contribution < 1.29 is 5.11 Å². The first-order chi connectivity index (χ1) is 9.71. The van der Waals surface area contributed by atoms with E-state index in [-0.39, 0.29) is 6.10 Å². The number of aliphatic hydroxyl groups excluding tert-OH is 1. The molecule has 1 saturated carbocycles. The topological polar surface area (TPSA) is 59.3 Å². The lowest BCUT2D eigenvalue weighted by Crippen LogP contribution is -2.51. The second kappa shape index (κ2) is 7.97. The van der Waals surface area contributed by atoms with Crippen LogP contribution >= 0.6 is 0 Å². The van der Waals surface area contributed by atoms with Gasteiger partial charge in [0.15, 0.2) is 0 Å². The predicted molar refractivity (Wildman–Crippen MR) is 80.3 cm³/mol. The Kier molecular flexibility index (Phi) is 6.28. The lowest BCUT2D eigenvalue weighted by molar-refractivity contribution is 0.0872. The standard InChI is InChI=1S/C16H29N3O/c1-2-16(20)10-13-9-15(12-19(11-13)8-7-17)18-14-5-3-4-6-14/h13-16,18,20H,2-6,8-12H2,1H3. The zero-order valence-electron chi connectivity index (χ0n) is 12.7. The van der Waals surface area contributed by atoms with Crippen LogP contribution in [0.1, 0.15) is 51.9 Å². The van der Waals surface area contributed by atoms with Crippen molar-refractivity contribution in [3.63, 3.8) is 0 Å². The number of hydrogen-bond acceptors (Lipinski definition) is 4. The normalized spacial score (nSPS) is 30.2. The molecular formula is C16H29N3O. The number of piperidine rings is 1. The number of nitrogens with one attached hydrogen (secondary N) is 1. The van der Waals surface area contributed by atoms with Crippen molar-refractivity contribution in [1.82, 2.24) is 10.2 Å². The molecular weight excluding hydrogens is 250 g/mol. The van der Waals surface area contributed by atoms with E-state index in [1.54, 1.807) is 0 Å². The van der Waals surface area contributed by atoms with E-state index in [2.05, 4.69) is 16.3 Å². The van der Waals surface area contributed by atoms with Crippen molar-refractivity contribution in [2.75, 3.05) is 19.6 Å². The van der Waals surface area contributed by atoms with Crippen LogP contribution in [0.5, 0.6) is 0 Å². The maximum atomic E-state index is 9.89. The van der Waals surface area contributed by atoms with E-state index in [9.17, 15) is 5.11 Å². The predicted octanol–water partition coefficient (Wildman–Crippen LogP) is 1.89. The van der Waals surface area contributed by atoms with Crippen LogP contribution in [-0.2, 0) is 0 Å². The van der Waals surface area contributed by atoms with Crippen molar-refractivity contribution in [1.29, 1.82) is 5.26 Å². The maximum absolute atomic E-state index is 9.89. The monoisotopic (exact) mass is 279 g/mol. The molecule has 0 spiro atoms. The molecule has 1 aliphatic carbocycles. The third-order valence-corrected chi connectivity index (χ3v) is 4.81. The minimum Gasteiger partial charge on any atom is -0.393 e. The van der Waals surface area contributed by atoms with E-state index in [1.165, 1.54) is 25.7 Å². The SMILES string of the molecule is CCC(O)CC1CC(NC2CCCC2)CN(CC#N)C1. The molecule has 0 bridgehead atoms. The molecule has 1 saturated heterocycles. The average molecular weight is 279 g/mol. The van der Waals surface area contributed by atoms with Gasteiger partial charge in [0.2, 0.25) is 0 Å². The number of aliphatic hydroxyl groups is 1. The summed E-state index contributed by atoms with van der Waals surface area (Å²) in [5, 5.41) is 22.6. The van der Waals surface area contributed by atoms with Crippen LogP contribution in [0.25, 0.3) is 0 Å². The fourth-order valence-corrected chi connectivity index (χ4v) is 3.80. The van der Waals surface area contributed by atoms with E-state index in [0.29, 0.717) is 24.5 Å². The van der Waals surface area contributed by atoms with Gasteiger partial charge in [-0.2, -0.15) is 5.26 Å². The molecule has 3 atom stereocenters. The summed E-state index contributed by atoms with van der Waals surface area (Å²) in [4.78, 5) is 2.25. The fraction of sp³-hybridized carbons (Fsp3) is 0.938. The molecule has 0 aromatic carbocycles. The van der Waals surface area contributed by atoms with Gasteiger partial charge in [0.1, 0.15) is 0 Å². The van der Waals surface area contributed by atoms with Crippen LogP contribution in [0.2, 0.25) is 0 Å². The van der Waals surface area contributed by atoms with Gasteiger partial charge in [-0.25, -0.2) is 0 Å². The third kappa shape index (κ3) is 4.73. The van der Waals surface area contributed by atoms with Gasteiger partial charge < -0.3 is 10.4 Å². The molecule has 4 nitrogen and oxygen atoms in total. The zero-order valence-corrected chi connectivity index (χ0v) is 12.7. The molecule has 0 amide bonds. The highest BCUT2D eigenvalue weighted by molar-refractivity contribution is 4.90. The van der Waals surface area contributed by atoms with Crippen LogP contribution in [0.15, 0.2) is 0 Å². The van der Waals surface area contributed by atoms with Gasteiger partial charge in [-0.15, -0.1) is 0 Å². The van der Waals surface area contributed by atoms with E-state index < -0.39 is 0 Å². The first-order valence-corrected chi connectivity index (χ1v) is 8.24. The van der Waals surface area contributed by atoms with Crippen molar-refractivity contribution in [2.24, 2.45) is 5.92 Å². The molecule has 2 aliphatic rings. The maximum Gasteiger partial charge on any atom is 0.0866 e. The first kappa shape index (κ1) is 15.8. The lowest BCUT2D eigenvalue weighted by atomic mass is 9.88. The van der Waals surface area contributed by atoms with Crippen molar-refractivity contribution >= 4 is 0 Å². The Bertz CT molecular complexity index is 322. The van der Waals surface area contributed by atoms with Gasteiger partial charge in [-0.3, -0.25) is 4.90 Å². The summed E-state index contributed by atoms with van der Waals surface area (Å²) in [6, 6.07) is 3.45. The molecule has 114 valence electrons. The Balaban J connectivity index is 1.87. The fourth-order valence-electron chi connectivity index (χ4n) is 3.80. The second-order valence-corrected chi connectivity index (χ2v) is 6.60. The van der Waals surface area contributed by atoms with Gasteiger partial charge in [-0.05, 0) is 38.0 Å². The molecule has 0 radical (unpaired) electrons. The van der Waals surface area contributed by atoms with Gasteiger partial charge >= 0.3 is 0 Å². The van der Waals surface area contributed by atoms with Crippen molar-refractivity contribution in [3.05, 3.63) is 0 Å². The number of nitriles is 1. The van der Waals surface area contributed by atoms with Gasteiger partial charge in [-0.1, -0.05) is 19.8 Å². The summed E-state index contributed by atoms with van der Waals surface area (Å²) in [5.41, 5.74) is 0. The number of hydrogen-bond donors (Lipinski definition) is 2. The quantitative estimate of drug-likeness (QED) is 0.729. The van der Waals surface area contributed by atoms with E-state index in [1.807, 2.05) is 6.92 Å². The number of rotatable bonds is 6. The van der Waals surface area contributed by atoms with Gasteiger partial charge in [0, 0.05) is 25.2 Å². The molecule has 4 heteroatoms. The van der Waals surface area contributed by atoms with Crippen LogP contribution < -0.4 is 5.32 Å². The zero-order chi connectivity index (χ0) is 14.4. The van der Waals surface area contributed by atoms with Gasteiger partial charge in [0.25, 0.3) is 0 Å². The molecule has 0 aromatic rings. The van der Waals surface area contributed by atoms with Crippen LogP contribution in [0.3, 0.4) is 0 Å². The van der Waals surface area contributed by atoms with Crippen molar-refractivity contribution in [2.45, 2.75) is 70.1 Å². The highest BCUT2D eigenvalue weighted by atomic mass is 16.3. The van der Waals surface area contributed by atoms with E-state index in [4.69, 9.17) is 5.26 Å². The highest BCUT2D eigenvalue weighted by Gasteiger charge is 2.30. The smallest absolute Gasteiger partial charge is 0.0866 e. The average Bonchev–Trinajstić information content (AvgIpc) is 2.91. The largest absolute Gasteiger partial charge is 0.393 e. The first-order valence-electron chi connectivity index (χ1n) is 8.24. The lowest BCUT2D eigenvalue weighted by Gasteiger charge is -2.39. The summed E-state index contributed by atoms with van der Waals surface area (Å²) >= 11 is 0. The molecule has 2 fully saturated rings. The van der Waals surface area contributed by atoms with Gasteiger partial charge in [0.05, 0.1) is 18.7 Å². The van der Waals surface area contributed by atoms with Crippen molar-refractivity contribution in [3.8, 4) is 6.07 Å². The third-order valence-electron chi connectivity index (χ3n) is 4.81. The molecule has 0 aromatic heterocycles. The minimum absolute atomic E-state index is 0.186. The number of likely N-dealkylation sites (tertiary alicyclic amines) is 1. The molecule has 1 heterocycles. The van der Waals surface area contributed by atoms with E-state index >= 15 is 0 Å². The second-order valence-electron chi connectivity index (χ2n) is 6.60. The van der Waals surface area contributed by atoms with E-state index in [0.717, 1.165) is 32.4 Å². The summed E-state index contributed by atoms with van der Waals surface area (Å²) in [7, 11) is 0. The molecule has 2 rings (SSSR count). The molecule has 3 unspecified atom stereocenters. The summed E-state index contributed by atoms with van der Waals surface area (Å²) < 4.78 is 0.